The summed E-state index contributed by atoms with van der Waals surface area (Å²) in [6.45, 7) is 4.01. The summed E-state index contributed by atoms with van der Waals surface area (Å²) in [6.07, 6.45) is 0.969. The van der Waals surface area contributed by atoms with Gasteiger partial charge in [0.15, 0.2) is 5.65 Å². The van der Waals surface area contributed by atoms with E-state index in [1.54, 1.807) is 7.11 Å². The minimum Gasteiger partial charge on any atom is -0.497 e. The number of nitrogens with one attached hydrogen (secondary N) is 1. The van der Waals surface area contributed by atoms with E-state index < -0.39 is 0 Å². The van der Waals surface area contributed by atoms with Crippen LogP contribution in [0.2, 0.25) is 0 Å². The standard InChI is InChI=1S/C24H24N4O2/c1-16-21(13-14-24(29)26-19-9-11-20(30-3)12-10-19)17(2)28-23(25-16)15-22(27-28)18-7-5-4-6-8-18/h4-12,15H,13-14H2,1-3H3,(H,26,29). The van der Waals surface area contributed by atoms with Gasteiger partial charge in [0.05, 0.1) is 12.8 Å². The van der Waals surface area contributed by atoms with Crippen LogP contribution >= 0.6 is 0 Å². The third-order valence-corrected chi connectivity index (χ3v) is 5.21. The third kappa shape index (κ3) is 4.03. The molecule has 4 rings (SSSR count). The maximum Gasteiger partial charge on any atom is 0.224 e. The van der Waals surface area contributed by atoms with Crippen LogP contribution in [0.3, 0.4) is 0 Å². The summed E-state index contributed by atoms with van der Waals surface area (Å²) in [5.74, 6) is 0.720. The summed E-state index contributed by atoms with van der Waals surface area (Å²) in [5.41, 5.74) is 6.50. The summed E-state index contributed by atoms with van der Waals surface area (Å²) in [5, 5.41) is 7.67. The molecule has 0 aliphatic carbocycles. The lowest BCUT2D eigenvalue weighted by Gasteiger charge is -2.11. The Morgan fingerprint density at radius 1 is 1.07 bits per heavy atom. The molecule has 2 aromatic carbocycles. The number of aromatic nitrogens is 3. The fourth-order valence-electron chi connectivity index (χ4n) is 3.57. The first-order valence-corrected chi connectivity index (χ1v) is 9.90. The minimum atomic E-state index is -0.0375. The largest absolute Gasteiger partial charge is 0.497 e. The Hall–Kier alpha value is -3.67. The van der Waals surface area contributed by atoms with Crippen molar-refractivity contribution in [2.75, 3.05) is 12.4 Å². The van der Waals surface area contributed by atoms with Gasteiger partial charge in [-0.05, 0) is 50.1 Å². The van der Waals surface area contributed by atoms with Crippen LogP contribution in [0, 0.1) is 13.8 Å². The molecule has 0 spiro atoms. The molecule has 2 aromatic heterocycles. The van der Waals surface area contributed by atoms with Crippen molar-refractivity contribution in [3.05, 3.63) is 77.6 Å². The van der Waals surface area contributed by atoms with Crippen molar-refractivity contribution in [1.82, 2.24) is 14.6 Å². The zero-order valence-corrected chi connectivity index (χ0v) is 17.3. The number of rotatable bonds is 6. The molecule has 0 aliphatic heterocycles. The molecule has 0 fully saturated rings. The van der Waals surface area contributed by atoms with E-state index in [1.807, 2.05) is 79.0 Å². The topological polar surface area (TPSA) is 68.5 Å². The number of aryl methyl sites for hydroxylation is 2. The van der Waals surface area contributed by atoms with Crippen LogP contribution in [-0.2, 0) is 11.2 Å². The molecule has 6 heteroatoms. The molecule has 0 bridgehead atoms. The van der Waals surface area contributed by atoms with Gasteiger partial charge in [-0.2, -0.15) is 5.10 Å². The summed E-state index contributed by atoms with van der Waals surface area (Å²) >= 11 is 0. The number of hydrogen-bond donors (Lipinski definition) is 1. The van der Waals surface area contributed by atoms with Crippen LogP contribution in [0.15, 0.2) is 60.7 Å². The summed E-state index contributed by atoms with van der Waals surface area (Å²) in [4.78, 5) is 17.1. The molecule has 0 saturated heterocycles. The number of carbonyl (C=O) groups is 1. The lowest BCUT2D eigenvalue weighted by atomic mass is 10.1. The number of ether oxygens (including phenoxy) is 1. The van der Waals surface area contributed by atoms with E-state index in [1.165, 1.54) is 0 Å². The Morgan fingerprint density at radius 2 is 1.80 bits per heavy atom. The van der Waals surface area contributed by atoms with Crippen molar-refractivity contribution in [3.8, 4) is 17.0 Å². The molecule has 0 saturated carbocycles. The highest BCUT2D eigenvalue weighted by Crippen LogP contribution is 2.23. The predicted octanol–water partition coefficient (Wildman–Crippen LogP) is 4.59. The van der Waals surface area contributed by atoms with Crippen LogP contribution in [0.5, 0.6) is 5.75 Å². The number of carbonyl (C=O) groups excluding carboxylic acids is 1. The number of hydrogen-bond acceptors (Lipinski definition) is 4. The van der Waals surface area contributed by atoms with E-state index in [4.69, 9.17) is 14.8 Å². The zero-order chi connectivity index (χ0) is 21.1. The van der Waals surface area contributed by atoms with Crippen molar-refractivity contribution < 1.29 is 9.53 Å². The van der Waals surface area contributed by atoms with E-state index in [0.29, 0.717) is 12.8 Å². The highest BCUT2D eigenvalue weighted by molar-refractivity contribution is 5.90. The number of anilines is 1. The third-order valence-electron chi connectivity index (χ3n) is 5.21. The van der Waals surface area contributed by atoms with Crippen LogP contribution in [-0.4, -0.2) is 27.6 Å². The highest BCUT2D eigenvalue weighted by Gasteiger charge is 2.14. The molecule has 152 valence electrons. The van der Waals surface area contributed by atoms with Crippen LogP contribution < -0.4 is 10.1 Å². The van der Waals surface area contributed by atoms with Gasteiger partial charge in [-0.15, -0.1) is 0 Å². The summed E-state index contributed by atoms with van der Waals surface area (Å²) in [6, 6.07) is 19.4. The van der Waals surface area contributed by atoms with Gasteiger partial charge in [0.2, 0.25) is 5.91 Å². The second-order valence-electron chi connectivity index (χ2n) is 7.20. The Balaban J connectivity index is 1.51. The fourth-order valence-corrected chi connectivity index (χ4v) is 3.57. The van der Waals surface area contributed by atoms with Gasteiger partial charge in [0.1, 0.15) is 5.75 Å². The number of methoxy groups -OCH3 is 1. The molecular formula is C24H24N4O2. The van der Waals surface area contributed by atoms with Crippen LogP contribution in [0.25, 0.3) is 16.9 Å². The molecule has 1 N–H and O–H groups in total. The zero-order valence-electron chi connectivity index (χ0n) is 17.3. The number of fused-ring (bicyclic) bond motifs is 1. The van der Waals surface area contributed by atoms with Crippen LogP contribution in [0.4, 0.5) is 5.69 Å². The van der Waals surface area contributed by atoms with Gasteiger partial charge in [0.25, 0.3) is 0 Å². The Bertz CT molecular complexity index is 1180. The summed E-state index contributed by atoms with van der Waals surface area (Å²) in [7, 11) is 1.62. The first-order chi connectivity index (χ1) is 14.5. The van der Waals surface area contributed by atoms with E-state index in [2.05, 4.69) is 5.32 Å². The molecular weight excluding hydrogens is 376 g/mol. The quantitative estimate of drug-likeness (QED) is 0.514. The first-order valence-electron chi connectivity index (χ1n) is 9.90. The van der Waals surface area contributed by atoms with Gasteiger partial charge < -0.3 is 10.1 Å². The first kappa shape index (κ1) is 19.6. The maximum absolute atomic E-state index is 12.4. The average Bonchev–Trinajstić information content (AvgIpc) is 3.19. The van der Waals surface area contributed by atoms with Gasteiger partial charge in [-0.25, -0.2) is 9.50 Å². The average molecular weight is 400 g/mol. The van der Waals surface area contributed by atoms with Crippen molar-refractivity contribution >= 4 is 17.2 Å². The summed E-state index contributed by atoms with van der Waals surface area (Å²) < 4.78 is 7.01. The van der Waals surface area contributed by atoms with Crippen LogP contribution in [0.1, 0.15) is 23.4 Å². The van der Waals surface area contributed by atoms with Gasteiger partial charge in [-0.3, -0.25) is 4.79 Å². The maximum atomic E-state index is 12.4. The second kappa shape index (κ2) is 8.37. The van der Waals surface area contributed by atoms with E-state index in [-0.39, 0.29) is 5.91 Å². The van der Waals surface area contributed by atoms with Crippen molar-refractivity contribution in [3.63, 3.8) is 0 Å². The van der Waals surface area contributed by atoms with Gasteiger partial charge in [0, 0.05) is 35.1 Å². The molecule has 0 atom stereocenters. The SMILES string of the molecule is COc1ccc(NC(=O)CCc2c(C)nc3cc(-c4ccccc4)nn3c2C)cc1. The number of amides is 1. The Labute approximate surface area is 175 Å². The monoisotopic (exact) mass is 400 g/mol. The number of nitrogens with zero attached hydrogens (tertiary/aromatic N) is 3. The molecule has 6 nitrogen and oxygen atoms in total. The predicted molar refractivity (Wildman–Crippen MR) is 118 cm³/mol. The molecule has 30 heavy (non-hydrogen) atoms. The smallest absolute Gasteiger partial charge is 0.224 e. The highest BCUT2D eigenvalue weighted by atomic mass is 16.5. The fraction of sp³-hybridized carbons (Fsp3) is 0.208. The van der Waals surface area contributed by atoms with Crippen molar-refractivity contribution in [2.24, 2.45) is 0 Å². The molecule has 1 amide bonds. The van der Waals surface area contributed by atoms with E-state index in [9.17, 15) is 4.79 Å². The van der Waals surface area contributed by atoms with Crippen molar-refractivity contribution in [1.29, 1.82) is 0 Å². The lowest BCUT2D eigenvalue weighted by Crippen LogP contribution is -2.14. The Morgan fingerprint density at radius 3 is 2.50 bits per heavy atom. The molecule has 0 aliphatic rings. The lowest BCUT2D eigenvalue weighted by molar-refractivity contribution is -0.116. The van der Waals surface area contributed by atoms with Gasteiger partial charge in [-0.1, -0.05) is 30.3 Å². The normalized spacial score (nSPS) is 10.9. The number of benzene rings is 2. The molecule has 2 heterocycles. The Kier molecular flexibility index (Phi) is 5.48. The minimum absolute atomic E-state index is 0.0375. The molecule has 0 radical (unpaired) electrons. The van der Waals surface area contributed by atoms with E-state index >= 15 is 0 Å². The van der Waals surface area contributed by atoms with Gasteiger partial charge >= 0.3 is 0 Å². The van der Waals surface area contributed by atoms with Crippen molar-refractivity contribution in [2.45, 2.75) is 26.7 Å². The molecule has 4 aromatic rings. The second-order valence-corrected chi connectivity index (χ2v) is 7.20. The van der Waals surface area contributed by atoms with E-state index in [0.717, 1.165) is 45.3 Å². The molecule has 0 unspecified atom stereocenters.